The molecule has 0 spiro atoms. The van der Waals surface area contributed by atoms with Crippen LogP contribution in [0.25, 0.3) is 0 Å². The SMILES string of the molecule is CCCCCCCCCCCCNCCCCCl. The molecule has 0 aromatic rings. The maximum Gasteiger partial charge on any atom is 0.0223 e. The molecule has 2 heteroatoms. The van der Waals surface area contributed by atoms with Gasteiger partial charge in [-0.25, -0.2) is 0 Å². The summed E-state index contributed by atoms with van der Waals surface area (Å²) in [6, 6.07) is 0. The summed E-state index contributed by atoms with van der Waals surface area (Å²) in [6.07, 6.45) is 16.6. The Morgan fingerprint density at radius 1 is 0.611 bits per heavy atom. The number of alkyl halides is 1. The molecule has 0 aliphatic rings. The van der Waals surface area contributed by atoms with Crippen LogP contribution in [0.1, 0.15) is 84.0 Å². The normalized spacial score (nSPS) is 11.0. The van der Waals surface area contributed by atoms with Crippen molar-refractivity contribution in [2.75, 3.05) is 19.0 Å². The zero-order valence-corrected chi connectivity index (χ0v) is 13.2. The zero-order valence-electron chi connectivity index (χ0n) is 12.5. The van der Waals surface area contributed by atoms with Gasteiger partial charge in [-0.05, 0) is 32.4 Å². The third-order valence-electron chi connectivity index (χ3n) is 3.44. The van der Waals surface area contributed by atoms with E-state index in [0.29, 0.717) is 0 Å². The van der Waals surface area contributed by atoms with E-state index in [1.165, 1.54) is 77.2 Å². The Hall–Kier alpha value is 0.250. The molecule has 0 aliphatic heterocycles. The van der Waals surface area contributed by atoms with Gasteiger partial charge in [0.2, 0.25) is 0 Å². The van der Waals surface area contributed by atoms with Gasteiger partial charge in [0.05, 0.1) is 0 Å². The fourth-order valence-electron chi connectivity index (χ4n) is 2.21. The molecule has 0 saturated carbocycles. The lowest BCUT2D eigenvalue weighted by Gasteiger charge is -2.04. The summed E-state index contributed by atoms with van der Waals surface area (Å²) in [6.45, 7) is 4.62. The Kier molecular flexibility index (Phi) is 17.5. The van der Waals surface area contributed by atoms with Gasteiger partial charge in [-0.3, -0.25) is 0 Å². The third-order valence-corrected chi connectivity index (χ3v) is 3.71. The molecular formula is C16H34ClN. The second kappa shape index (κ2) is 17.2. The Bertz CT molecular complexity index is 123. The summed E-state index contributed by atoms with van der Waals surface area (Å²) in [5.74, 6) is 0.805. The lowest BCUT2D eigenvalue weighted by Crippen LogP contribution is -2.16. The smallest absolute Gasteiger partial charge is 0.0223 e. The van der Waals surface area contributed by atoms with E-state index in [-0.39, 0.29) is 0 Å². The quantitative estimate of drug-likeness (QED) is 0.307. The summed E-state index contributed by atoms with van der Waals surface area (Å²) in [4.78, 5) is 0. The van der Waals surface area contributed by atoms with Gasteiger partial charge in [-0.2, -0.15) is 0 Å². The number of nitrogens with one attached hydrogen (secondary N) is 1. The molecule has 0 atom stereocenters. The number of rotatable bonds is 15. The first-order valence-electron chi connectivity index (χ1n) is 8.18. The minimum absolute atomic E-state index is 0.805. The van der Waals surface area contributed by atoms with E-state index in [9.17, 15) is 0 Å². The van der Waals surface area contributed by atoms with E-state index in [1.54, 1.807) is 0 Å². The second-order valence-electron chi connectivity index (χ2n) is 5.33. The molecule has 0 radical (unpaired) electrons. The van der Waals surface area contributed by atoms with E-state index in [4.69, 9.17) is 11.6 Å². The third kappa shape index (κ3) is 16.2. The van der Waals surface area contributed by atoms with Crippen LogP contribution in [0.4, 0.5) is 0 Å². The van der Waals surface area contributed by atoms with Crippen molar-refractivity contribution in [2.24, 2.45) is 0 Å². The second-order valence-corrected chi connectivity index (χ2v) is 5.71. The topological polar surface area (TPSA) is 12.0 Å². The lowest BCUT2D eigenvalue weighted by atomic mass is 10.1. The van der Waals surface area contributed by atoms with Crippen molar-refractivity contribution in [1.82, 2.24) is 5.32 Å². The van der Waals surface area contributed by atoms with E-state index in [0.717, 1.165) is 18.8 Å². The minimum atomic E-state index is 0.805. The van der Waals surface area contributed by atoms with E-state index in [1.807, 2.05) is 0 Å². The number of halogens is 1. The standard InChI is InChI=1S/C16H34ClN/c1-2-3-4-5-6-7-8-9-10-12-15-18-16-13-11-14-17/h18H,2-16H2,1H3. The molecule has 0 aliphatic carbocycles. The molecule has 0 rings (SSSR count). The van der Waals surface area contributed by atoms with Gasteiger partial charge in [0.1, 0.15) is 0 Å². The highest BCUT2D eigenvalue weighted by molar-refractivity contribution is 6.17. The van der Waals surface area contributed by atoms with Gasteiger partial charge in [-0.15, -0.1) is 11.6 Å². The predicted octanol–water partition coefficient (Wildman–Crippen LogP) is 5.52. The van der Waals surface area contributed by atoms with Crippen LogP contribution in [-0.4, -0.2) is 19.0 Å². The van der Waals surface area contributed by atoms with Crippen molar-refractivity contribution in [3.63, 3.8) is 0 Å². The Morgan fingerprint density at radius 2 is 1.06 bits per heavy atom. The van der Waals surface area contributed by atoms with Gasteiger partial charge >= 0.3 is 0 Å². The summed E-state index contributed by atoms with van der Waals surface area (Å²) >= 11 is 5.62. The van der Waals surface area contributed by atoms with Crippen LogP contribution >= 0.6 is 11.6 Å². The first-order valence-corrected chi connectivity index (χ1v) is 8.72. The van der Waals surface area contributed by atoms with Crippen LogP contribution in [0.3, 0.4) is 0 Å². The highest BCUT2D eigenvalue weighted by Gasteiger charge is 1.93. The molecule has 0 heterocycles. The van der Waals surface area contributed by atoms with Crippen molar-refractivity contribution >= 4 is 11.6 Å². The molecular weight excluding hydrogens is 242 g/mol. The van der Waals surface area contributed by atoms with Gasteiger partial charge in [0.25, 0.3) is 0 Å². The van der Waals surface area contributed by atoms with Crippen LogP contribution in [0.5, 0.6) is 0 Å². The van der Waals surface area contributed by atoms with Crippen LogP contribution in [-0.2, 0) is 0 Å². The van der Waals surface area contributed by atoms with Gasteiger partial charge in [0, 0.05) is 5.88 Å². The molecule has 0 bridgehead atoms. The first kappa shape index (κ1) is 18.2. The maximum atomic E-state index is 5.62. The highest BCUT2D eigenvalue weighted by Crippen LogP contribution is 2.10. The molecule has 0 saturated heterocycles. The summed E-state index contributed by atoms with van der Waals surface area (Å²) < 4.78 is 0. The zero-order chi connectivity index (χ0) is 13.3. The van der Waals surface area contributed by atoms with E-state index < -0.39 is 0 Å². The van der Waals surface area contributed by atoms with Crippen LogP contribution in [0.15, 0.2) is 0 Å². The molecule has 0 unspecified atom stereocenters. The molecule has 18 heavy (non-hydrogen) atoms. The van der Waals surface area contributed by atoms with Crippen LogP contribution in [0.2, 0.25) is 0 Å². The summed E-state index contributed by atoms with van der Waals surface area (Å²) in [5, 5.41) is 3.49. The largest absolute Gasteiger partial charge is 0.317 e. The van der Waals surface area contributed by atoms with Crippen LogP contribution < -0.4 is 5.32 Å². The first-order chi connectivity index (χ1) is 8.91. The van der Waals surface area contributed by atoms with Crippen molar-refractivity contribution in [1.29, 1.82) is 0 Å². The molecule has 0 fully saturated rings. The molecule has 1 nitrogen and oxygen atoms in total. The molecule has 0 amide bonds. The van der Waals surface area contributed by atoms with Crippen molar-refractivity contribution in [3.05, 3.63) is 0 Å². The number of hydrogen-bond donors (Lipinski definition) is 1. The average molecular weight is 276 g/mol. The molecule has 0 aromatic carbocycles. The van der Waals surface area contributed by atoms with Crippen LogP contribution in [0, 0.1) is 0 Å². The van der Waals surface area contributed by atoms with Crippen molar-refractivity contribution < 1.29 is 0 Å². The van der Waals surface area contributed by atoms with E-state index in [2.05, 4.69) is 12.2 Å². The minimum Gasteiger partial charge on any atom is -0.317 e. The predicted molar refractivity (Wildman–Crippen MR) is 84.7 cm³/mol. The Labute approximate surface area is 120 Å². The molecule has 0 aromatic heterocycles. The van der Waals surface area contributed by atoms with E-state index >= 15 is 0 Å². The van der Waals surface area contributed by atoms with Gasteiger partial charge in [0.15, 0.2) is 0 Å². The van der Waals surface area contributed by atoms with Crippen molar-refractivity contribution in [3.8, 4) is 0 Å². The summed E-state index contributed by atoms with van der Waals surface area (Å²) in [7, 11) is 0. The van der Waals surface area contributed by atoms with Gasteiger partial charge < -0.3 is 5.32 Å². The maximum absolute atomic E-state index is 5.62. The molecule has 110 valence electrons. The fraction of sp³-hybridized carbons (Fsp3) is 1.00. The number of unbranched alkanes of at least 4 members (excludes halogenated alkanes) is 10. The number of hydrogen-bond acceptors (Lipinski definition) is 1. The molecule has 1 N–H and O–H groups in total. The monoisotopic (exact) mass is 275 g/mol. The summed E-state index contributed by atoms with van der Waals surface area (Å²) in [5.41, 5.74) is 0. The Morgan fingerprint density at radius 3 is 1.56 bits per heavy atom. The average Bonchev–Trinajstić information content (AvgIpc) is 2.39. The van der Waals surface area contributed by atoms with Crippen molar-refractivity contribution in [2.45, 2.75) is 84.0 Å². The lowest BCUT2D eigenvalue weighted by molar-refractivity contribution is 0.540. The Balaban J connectivity index is 2.86. The fourth-order valence-corrected chi connectivity index (χ4v) is 2.40. The highest BCUT2D eigenvalue weighted by atomic mass is 35.5. The van der Waals surface area contributed by atoms with Gasteiger partial charge in [-0.1, -0.05) is 64.7 Å².